The number of nitrogens with one attached hydrogen (secondary N) is 2. The summed E-state index contributed by atoms with van der Waals surface area (Å²) >= 11 is 3.00. The van der Waals surface area contributed by atoms with Crippen LogP contribution in [-0.4, -0.2) is 37.3 Å². The molecule has 0 aliphatic carbocycles. The fourth-order valence-corrected chi connectivity index (χ4v) is 4.60. The number of carbonyl (C=O) groups is 2. The van der Waals surface area contributed by atoms with Crippen LogP contribution in [0.25, 0.3) is 0 Å². The number of thioether (sulfide) groups is 2. The minimum atomic E-state index is -0.182. The Bertz CT molecular complexity index is 1030. The number of carbonyl (C=O) groups excluding carboxylic acids is 2. The van der Waals surface area contributed by atoms with Crippen LogP contribution in [0.2, 0.25) is 0 Å². The summed E-state index contributed by atoms with van der Waals surface area (Å²) in [5.41, 5.74) is 2.94. The van der Waals surface area contributed by atoms with Crippen molar-refractivity contribution in [1.82, 2.24) is 25.1 Å². The van der Waals surface area contributed by atoms with Gasteiger partial charge in [-0.3, -0.25) is 9.59 Å². The predicted molar refractivity (Wildman–Crippen MR) is 117 cm³/mol. The average molecular weight is 441 g/mol. The predicted octanol–water partition coefficient (Wildman–Crippen LogP) is 2.47. The molecule has 3 heterocycles. The molecule has 0 bridgehead atoms. The molecule has 3 aromatic rings. The summed E-state index contributed by atoms with van der Waals surface area (Å²) in [5, 5.41) is 10.9. The molecule has 0 saturated heterocycles. The van der Waals surface area contributed by atoms with Crippen molar-refractivity contribution >= 4 is 41.2 Å². The van der Waals surface area contributed by atoms with E-state index < -0.39 is 0 Å². The lowest BCUT2D eigenvalue weighted by molar-refractivity contribution is -0.122. The Balaban J connectivity index is 1.39. The van der Waals surface area contributed by atoms with Crippen molar-refractivity contribution in [2.24, 2.45) is 0 Å². The van der Waals surface area contributed by atoms with Crippen LogP contribution in [-0.2, 0) is 34.2 Å². The van der Waals surface area contributed by atoms with Gasteiger partial charge in [-0.05, 0) is 11.6 Å². The van der Waals surface area contributed by atoms with Gasteiger partial charge in [-0.25, -0.2) is 14.6 Å². The van der Waals surface area contributed by atoms with E-state index in [1.165, 1.54) is 11.8 Å². The van der Waals surface area contributed by atoms with Gasteiger partial charge in [0.05, 0.1) is 11.4 Å². The summed E-state index contributed by atoms with van der Waals surface area (Å²) in [4.78, 5) is 33.2. The fraction of sp³-hybridized carbons (Fsp3) is 0.250. The highest BCUT2D eigenvalue weighted by Crippen LogP contribution is 2.34. The molecule has 2 amide bonds. The zero-order valence-corrected chi connectivity index (χ0v) is 17.7. The molecule has 2 N–H and O–H groups in total. The maximum atomic E-state index is 12.5. The van der Waals surface area contributed by atoms with Gasteiger partial charge < -0.3 is 10.6 Å². The highest BCUT2D eigenvalue weighted by Gasteiger charge is 2.25. The number of fused-ring (bicyclic) bond motifs is 1. The molecule has 0 radical (unpaired) electrons. The van der Waals surface area contributed by atoms with E-state index in [1.54, 1.807) is 34.9 Å². The number of benzene rings is 1. The number of aromatic nitrogens is 4. The summed E-state index contributed by atoms with van der Waals surface area (Å²) in [7, 11) is 0. The van der Waals surface area contributed by atoms with Gasteiger partial charge in [0.1, 0.15) is 12.4 Å². The van der Waals surface area contributed by atoms with E-state index >= 15 is 0 Å². The number of amides is 2. The van der Waals surface area contributed by atoms with E-state index in [1.807, 2.05) is 30.3 Å². The van der Waals surface area contributed by atoms with Crippen LogP contribution in [0.5, 0.6) is 0 Å². The second kappa shape index (κ2) is 9.77. The van der Waals surface area contributed by atoms with Gasteiger partial charge in [-0.15, -0.1) is 0 Å². The van der Waals surface area contributed by atoms with Crippen molar-refractivity contribution < 1.29 is 9.59 Å². The summed E-state index contributed by atoms with van der Waals surface area (Å²) in [6.07, 6.45) is 3.28. The van der Waals surface area contributed by atoms with E-state index in [0.717, 1.165) is 28.3 Å². The van der Waals surface area contributed by atoms with E-state index in [9.17, 15) is 9.59 Å². The third-order valence-electron chi connectivity index (χ3n) is 4.38. The normalized spacial score (nSPS) is 12.4. The number of anilines is 1. The Kier molecular flexibility index (Phi) is 6.65. The van der Waals surface area contributed by atoms with Crippen LogP contribution in [0.3, 0.4) is 0 Å². The molecule has 0 atom stereocenters. The first-order valence-electron chi connectivity index (χ1n) is 9.35. The summed E-state index contributed by atoms with van der Waals surface area (Å²) < 4.78 is 1.59. The van der Waals surface area contributed by atoms with Gasteiger partial charge in [-0.1, -0.05) is 42.1 Å². The third-order valence-corrected chi connectivity index (χ3v) is 6.22. The largest absolute Gasteiger partial charge is 0.350 e. The highest BCUT2D eigenvalue weighted by molar-refractivity contribution is 7.99. The van der Waals surface area contributed by atoms with E-state index in [0.29, 0.717) is 17.5 Å². The maximum absolute atomic E-state index is 12.5. The Morgan fingerprint density at radius 1 is 1.07 bits per heavy atom. The molecular formula is C20H20N6O2S2. The Morgan fingerprint density at radius 3 is 2.67 bits per heavy atom. The number of hydrogen-bond acceptors (Lipinski definition) is 7. The SMILES string of the molecule is O=C(Cn1nc2c(c1NC(=O)CSc1ncccn1)CSC2)NCc1ccccc1. The molecule has 8 nitrogen and oxygen atoms in total. The summed E-state index contributed by atoms with van der Waals surface area (Å²) in [5.74, 6) is 1.99. The number of rotatable bonds is 8. The molecule has 0 saturated carbocycles. The molecule has 0 unspecified atom stereocenters. The fourth-order valence-electron chi connectivity index (χ4n) is 2.97. The van der Waals surface area contributed by atoms with Gasteiger partial charge in [0, 0.05) is 36.0 Å². The van der Waals surface area contributed by atoms with Gasteiger partial charge in [0.25, 0.3) is 0 Å². The van der Waals surface area contributed by atoms with Crippen molar-refractivity contribution in [1.29, 1.82) is 0 Å². The van der Waals surface area contributed by atoms with Crippen molar-refractivity contribution in [2.75, 3.05) is 11.1 Å². The van der Waals surface area contributed by atoms with Crippen molar-refractivity contribution in [2.45, 2.75) is 29.8 Å². The minimum Gasteiger partial charge on any atom is -0.350 e. The van der Waals surface area contributed by atoms with E-state index in [4.69, 9.17) is 0 Å². The molecule has 1 aliphatic heterocycles. The summed E-state index contributed by atoms with van der Waals surface area (Å²) in [6.45, 7) is 0.501. The second-order valence-electron chi connectivity index (χ2n) is 6.55. The Morgan fingerprint density at radius 2 is 1.87 bits per heavy atom. The summed E-state index contributed by atoms with van der Waals surface area (Å²) in [6, 6.07) is 11.4. The maximum Gasteiger partial charge on any atom is 0.242 e. The van der Waals surface area contributed by atoms with Crippen LogP contribution < -0.4 is 10.6 Å². The van der Waals surface area contributed by atoms with E-state index in [-0.39, 0.29) is 24.1 Å². The topological polar surface area (TPSA) is 102 Å². The van der Waals surface area contributed by atoms with Crippen molar-refractivity contribution in [3.05, 3.63) is 65.6 Å². The molecular weight excluding hydrogens is 420 g/mol. The highest BCUT2D eigenvalue weighted by atomic mass is 32.2. The number of nitrogens with zero attached hydrogens (tertiary/aromatic N) is 4. The first-order valence-corrected chi connectivity index (χ1v) is 11.5. The van der Waals surface area contributed by atoms with E-state index in [2.05, 4.69) is 25.7 Å². The van der Waals surface area contributed by atoms with Crippen molar-refractivity contribution in [3.8, 4) is 0 Å². The molecule has 0 spiro atoms. The Hall–Kier alpha value is -2.85. The van der Waals surface area contributed by atoms with Crippen LogP contribution >= 0.6 is 23.5 Å². The zero-order valence-electron chi connectivity index (χ0n) is 16.1. The van der Waals surface area contributed by atoms with Gasteiger partial charge in [0.15, 0.2) is 5.16 Å². The zero-order chi connectivity index (χ0) is 20.8. The van der Waals surface area contributed by atoms with Crippen LogP contribution in [0.15, 0.2) is 53.9 Å². The molecule has 2 aromatic heterocycles. The average Bonchev–Trinajstić information content (AvgIpc) is 3.35. The lowest BCUT2D eigenvalue weighted by Crippen LogP contribution is -2.29. The third kappa shape index (κ3) is 5.19. The van der Waals surface area contributed by atoms with Gasteiger partial charge >= 0.3 is 0 Å². The molecule has 1 aliphatic rings. The molecule has 1 aromatic carbocycles. The molecule has 10 heteroatoms. The van der Waals surface area contributed by atoms with Crippen LogP contribution in [0, 0.1) is 0 Å². The van der Waals surface area contributed by atoms with Crippen molar-refractivity contribution in [3.63, 3.8) is 0 Å². The molecule has 30 heavy (non-hydrogen) atoms. The molecule has 0 fully saturated rings. The first-order chi connectivity index (χ1) is 14.7. The minimum absolute atomic E-state index is 0.0506. The smallest absolute Gasteiger partial charge is 0.242 e. The number of hydrogen-bond donors (Lipinski definition) is 2. The quantitative estimate of drug-likeness (QED) is 0.410. The second-order valence-corrected chi connectivity index (χ2v) is 8.48. The molecule has 4 rings (SSSR count). The standard InChI is InChI=1S/C20H20N6O2S2/c27-17(23-9-14-5-2-1-3-6-14)10-26-19(15-11-29-12-16(15)25-26)24-18(28)13-30-20-21-7-4-8-22-20/h1-8H,9-13H2,(H,23,27)(H,24,28). The lowest BCUT2D eigenvalue weighted by atomic mass is 10.2. The monoisotopic (exact) mass is 440 g/mol. The van der Waals surface area contributed by atoms with Crippen LogP contribution in [0.4, 0.5) is 5.82 Å². The van der Waals surface area contributed by atoms with Gasteiger partial charge in [0.2, 0.25) is 11.8 Å². The van der Waals surface area contributed by atoms with Crippen LogP contribution in [0.1, 0.15) is 16.8 Å². The van der Waals surface area contributed by atoms with Gasteiger partial charge in [-0.2, -0.15) is 16.9 Å². The lowest BCUT2D eigenvalue weighted by Gasteiger charge is -2.11. The first kappa shape index (κ1) is 20.4. The Labute approximate surface area is 182 Å². The molecule has 154 valence electrons.